The lowest BCUT2D eigenvalue weighted by atomic mass is 10.1. The predicted octanol–water partition coefficient (Wildman–Crippen LogP) is 2.84. The van der Waals surface area contributed by atoms with Gasteiger partial charge in [0.2, 0.25) is 0 Å². The lowest BCUT2D eigenvalue weighted by Crippen LogP contribution is -2.34. The number of hydrogen-bond acceptors (Lipinski definition) is 3. The van der Waals surface area contributed by atoms with Crippen molar-refractivity contribution in [2.24, 2.45) is 0 Å². The number of rotatable bonds is 5. The zero-order chi connectivity index (χ0) is 16.9. The number of benzene rings is 2. The van der Waals surface area contributed by atoms with E-state index in [4.69, 9.17) is 0 Å². The molecular formula is C19H20N2O3. The molecule has 5 nitrogen and oxygen atoms in total. The van der Waals surface area contributed by atoms with Crippen molar-refractivity contribution in [2.45, 2.75) is 18.9 Å². The third-order valence-electron chi connectivity index (χ3n) is 4.25. The number of carbonyl (C=O) groups excluding carboxylic acids is 1. The average Bonchev–Trinajstić information content (AvgIpc) is 3.14. The van der Waals surface area contributed by atoms with Gasteiger partial charge in [0, 0.05) is 18.8 Å². The predicted molar refractivity (Wildman–Crippen MR) is 92.2 cm³/mol. The highest BCUT2D eigenvalue weighted by molar-refractivity contribution is 6.01. The van der Waals surface area contributed by atoms with Crippen LogP contribution in [0.4, 0.5) is 5.69 Å². The molecule has 0 aliphatic carbocycles. The van der Waals surface area contributed by atoms with Crippen LogP contribution in [-0.4, -0.2) is 30.1 Å². The summed E-state index contributed by atoms with van der Waals surface area (Å²) in [5.74, 6) is -1.44. The molecule has 1 aliphatic rings. The average molecular weight is 324 g/mol. The molecule has 1 fully saturated rings. The van der Waals surface area contributed by atoms with Gasteiger partial charge >= 0.3 is 5.97 Å². The van der Waals surface area contributed by atoms with Crippen LogP contribution in [0.25, 0.3) is 0 Å². The lowest BCUT2D eigenvalue weighted by Gasteiger charge is -2.22. The van der Waals surface area contributed by atoms with Crippen LogP contribution in [0.1, 0.15) is 34.8 Å². The van der Waals surface area contributed by atoms with Crippen LogP contribution in [0, 0.1) is 0 Å². The molecule has 0 aromatic heterocycles. The summed E-state index contributed by atoms with van der Waals surface area (Å²) in [5, 5.41) is 12.1. The summed E-state index contributed by atoms with van der Waals surface area (Å²) in [5.41, 5.74) is 1.93. The third kappa shape index (κ3) is 3.40. The first-order valence-electron chi connectivity index (χ1n) is 8.09. The van der Waals surface area contributed by atoms with Gasteiger partial charge < -0.3 is 15.3 Å². The van der Waals surface area contributed by atoms with Gasteiger partial charge in [0.05, 0.1) is 5.56 Å². The van der Waals surface area contributed by atoms with Crippen LogP contribution in [0.15, 0.2) is 54.6 Å². The summed E-state index contributed by atoms with van der Waals surface area (Å²) < 4.78 is 0. The van der Waals surface area contributed by atoms with Crippen molar-refractivity contribution < 1.29 is 14.7 Å². The molecule has 2 aromatic rings. The number of amides is 1. The molecule has 2 N–H and O–H groups in total. The maximum absolute atomic E-state index is 12.7. The summed E-state index contributed by atoms with van der Waals surface area (Å²) in [7, 11) is 0. The van der Waals surface area contributed by atoms with Crippen LogP contribution >= 0.6 is 0 Å². The van der Waals surface area contributed by atoms with Gasteiger partial charge in [-0.2, -0.15) is 0 Å². The van der Waals surface area contributed by atoms with E-state index < -0.39 is 12.0 Å². The van der Waals surface area contributed by atoms with E-state index in [1.54, 1.807) is 36.4 Å². The minimum atomic E-state index is -1.08. The fraction of sp³-hybridized carbons (Fsp3) is 0.263. The molecule has 0 radical (unpaired) electrons. The van der Waals surface area contributed by atoms with E-state index in [1.165, 1.54) is 0 Å². The van der Waals surface area contributed by atoms with E-state index in [0.717, 1.165) is 31.6 Å². The van der Waals surface area contributed by atoms with Crippen LogP contribution in [0.5, 0.6) is 0 Å². The van der Waals surface area contributed by atoms with Gasteiger partial charge in [-0.15, -0.1) is 0 Å². The maximum atomic E-state index is 12.7. The molecule has 5 heteroatoms. The monoisotopic (exact) mass is 324 g/mol. The minimum absolute atomic E-state index is 0.367. The highest BCUT2D eigenvalue weighted by Crippen LogP contribution is 2.25. The smallest absolute Gasteiger partial charge is 0.330 e. The Bertz CT molecular complexity index is 724. The Labute approximate surface area is 140 Å². The molecule has 1 aliphatic heterocycles. The number of para-hydroxylation sites is 1. The molecule has 1 atom stereocenters. The Hall–Kier alpha value is -2.82. The molecule has 3 rings (SSSR count). The Morgan fingerprint density at radius 2 is 1.58 bits per heavy atom. The first-order valence-corrected chi connectivity index (χ1v) is 8.09. The molecule has 1 saturated heterocycles. The summed E-state index contributed by atoms with van der Waals surface area (Å²) in [4.78, 5) is 26.5. The lowest BCUT2D eigenvalue weighted by molar-refractivity contribution is -0.139. The number of nitrogens with one attached hydrogen (secondary N) is 1. The van der Waals surface area contributed by atoms with Crippen molar-refractivity contribution in [1.29, 1.82) is 0 Å². The number of aliphatic carboxylic acids is 1. The number of carboxylic acid groups (broad SMARTS) is 1. The summed E-state index contributed by atoms with van der Waals surface area (Å²) in [6.07, 6.45) is 2.22. The van der Waals surface area contributed by atoms with Crippen molar-refractivity contribution in [1.82, 2.24) is 5.32 Å². The summed E-state index contributed by atoms with van der Waals surface area (Å²) in [6, 6.07) is 15.0. The van der Waals surface area contributed by atoms with Crippen molar-refractivity contribution >= 4 is 17.6 Å². The zero-order valence-corrected chi connectivity index (χ0v) is 13.3. The van der Waals surface area contributed by atoms with Crippen LogP contribution in [-0.2, 0) is 4.79 Å². The second-order valence-electron chi connectivity index (χ2n) is 5.87. The molecule has 124 valence electrons. The quantitative estimate of drug-likeness (QED) is 0.887. The first kappa shape index (κ1) is 16.1. The molecule has 2 aromatic carbocycles. The van der Waals surface area contributed by atoms with Crippen molar-refractivity contribution in [3.05, 3.63) is 65.7 Å². The van der Waals surface area contributed by atoms with Gasteiger partial charge in [-0.1, -0.05) is 42.5 Å². The van der Waals surface area contributed by atoms with E-state index in [9.17, 15) is 14.7 Å². The van der Waals surface area contributed by atoms with Gasteiger partial charge in [0.1, 0.15) is 0 Å². The maximum Gasteiger partial charge on any atom is 0.330 e. The van der Waals surface area contributed by atoms with E-state index >= 15 is 0 Å². The second kappa shape index (κ2) is 7.17. The number of carbonyl (C=O) groups is 2. The normalized spacial score (nSPS) is 15.1. The molecule has 0 unspecified atom stereocenters. The topological polar surface area (TPSA) is 69.6 Å². The van der Waals surface area contributed by atoms with Crippen molar-refractivity contribution in [2.75, 3.05) is 18.0 Å². The van der Waals surface area contributed by atoms with Gasteiger partial charge in [-0.3, -0.25) is 4.79 Å². The van der Waals surface area contributed by atoms with Crippen molar-refractivity contribution in [3.63, 3.8) is 0 Å². The Morgan fingerprint density at radius 3 is 2.25 bits per heavy atom. The summed E-state index contributed by atoms with van der Waals surface area (Å²) >= 11 is 0. The van der Waals surface area contributed by atoms with Gasteiger partial charge in [-0.25, -0.2) is 4.79 Å². The van der Waals surface area contributed by atoms with Crippen LogP contribution in [0.3, 0.4) is 0 Å². The third-order valence-corrected chi connectivity index (χ3v) is 4.25. The number of carboxylic acids is 1. The van der Waals surface area contributed by atoms with Gasteiger partial charge in [0.25, 0.3) is 5.91 Å². The molecule has 24 heavy (non-hydrogen) atoms. The van der Waals surface area contributed by atoms with Gasteiger partial charge in [-0.05, 0) is 30.5 Å². The zero-order valence-electron chi connectivity index (χ0n) is 13.3. The van der Waals surface area contributed by atoms with E-state index in [-0.39, 0.29) is 5.91 Å². The van der Waals surface area contributed by atoms with E-state index in [0.29, 0.717) is 11.1 Å². The van der Waals surface area contributed by atoms with Crippen LogP contribution < -0.4 is 10.2 Å². The second-order valence-corrected chi connectivity index (χ2v) is 5.87. The largest absolute Gasteiger partial charge is 0.479 e. The SMILES string of the molecule is O=C(N[C@H](C(=O)O)c1ccccc1)c1ccccc1N1CCCC1. The summed E-state index contributed by atoms with van der Waals surface area (Å²) in [6.45, 7) is 1.84. The number of nitrogens with zero attached hydrogens (tertiary/aromatic N) is 1. The minimum Gasteiger partial charge on any atom is -0.479 e. The molecule has 0 saturated carbocycles. The molecule has 1 heterocycles. The van der Waals surface area contributed by atoms with Crippen LogP contribution in [0.2, 0.25) is 0 Å². The molecule has 0 bridgehead atoms. The standard InChI is InChI=1S/C19H20N2O3/c22-18(20-17(19(23)24)14-8-2-1-3-9-14)15-10-4-5-11-16(15)21-12-6-7-13-21/h1-5,8-11,17H,6-7,12-13H2,(H,20,22)(H,23,24)/t17-/m0/s1. The fourth-order valence-electron chi connectivity index (χ4n) is 3.04. The van der Waals surface area contributed by atoms with Gasteiger partial charge in [0.15, 0.2) is 6.04 Å². The Morgan fingerprint density at radius 1 is 0.958 bits per heavy atom. The molecule has 1 amide bonds. The van der Waals surface area contributed by atoms with E-state index in [2.05, 4.69) is 10.2 Å². The highest BCUT2D eigenvalue weighted by Gasteiger charge is 2.25. The molecular weight excluding hydrogens is 304 g/mol. The Kier molecular flexibility index (Phi) is 4.79. The first-order chi connectivity index (χ1) is 11.7. The fourth-order valence-corrected chi connectivity index (χ4v) is 3.04. The molecule has 0 spiro atoms. The number of anilines is 1. The van der Waals surface area contributed by atoms with E-state index in [1.807, 2.05) is 18.2 Å². The highest BCUT2D eigenvalue weighted by atomic mass is 16.4. The number of hydrogen-bond donors (Lipinski definition) is 2. The Balaban J connectivity index is 1.85. The van der Waals surface area contributed by atoms with Crippen molar-refractivity contribution in [3.8, 4) is 0 Å².